The van der Waals surface area contributed by atoms with Gasteiger partial charge in [0.2, 0.25) is 0 Å². The van der Waals surface area contributed by atoms with Crippen LogP contribution in [0.5, 0.6) is 0 Å². The number of aliphatic imine (C=N–C) groups is 1. The maximum Gasteiger partial charge on any atom is 0.343 e. The van der Waals surface area contributed by atoms with Crippen molar-refractivity contribution < 1.29 is 19.0 Å². The van der Waals surface area contributed by atoms with Crippen molar-refractivity contribution in [1.29, 1.82) is 0 Å². The molecule has 1 fully saturated rings. The summed E-state index contributed by atoms with van der Waals surface area (Å²) in [6.07, 6.45) is 1.84. The Morgan fingerprint density at radius 2 is 2.17 bits per heavy atom. The standard InChI is InChI=1S/C16H17Cl2FN2O3/c1-3-24-15(23)9(7-21-13-6-16(13,2)20)14(22)8-4-12(19)11(18)5-10(8)17/h4-5,7,13,22H,3,6,20H2,1-2H3. The number of halogens is 3. The summed E-state index contributed by atoms with van der Waals surface area (Å²) < 4.78 is 18.6. The first-order valence-corrected chi connectivity index (χ1v) is 8.00. The number of hydrogen-bond acceptors (Lipinski definition) is 5. The summed E-state index contributed by atoms with van der Waals surface area (Å²) in [5.74, 6) is -2.12. The molecule has 2 unspecified atom stereocenters. The van der Waals surface area contributed by atoms with Gasteiger partial charge in [-0.2, -0.15) is 0 Å². The topological polar surface area (TPSA) is 84.9 Å². The van der Waals surface area contributed by atoms with Crippen LogP contribution in [0.4, 0.5) is 4.39 Å². The van der Waals surface area contributed by atoms with Gasteiger partial charge in [0.1, 0.15) is 17.1 Å². The lowest BCUT2D eigenvalue weighted by Gasteiger charge is -2.09. The lowest BCUT2D eigenvalue weighted by molar-refractivity contribution is -0.137. The van der Waals surface area contributed by atoms with E-state index in [1.165, 1.54) is 6.21 Å². The van der Waals surface area contributed by atoms with E-state index in [4.69, 9.17) is 33.7 Å². The zero-order valence-corrected chi connectivity index (χ0v) is 14.7. The molecule has 1 aromatic rings. The average Bonchev–Trinajstić information content (AvgIpc) is 3.10. The quantitative estimate of drug-likeness (QED) is 0.271. The van der Waals surface area contributed by atoms with Crippen LogP contribution >= 0.6 is 23.2 Å². The first-order chi connectivity index (χ1) is 11.2. The zero-order chi connectivity index (χ0) is 18.1. The Morgan fingerprint density at radius 3 is 2.71 bits per heavy atom. The molecule has 1 aromatic carbocycles. The van der Waals surface area contributed by atoms with Crippen molar-refractivity contribution in [3.05, 3.63) is 39.1 Å². The molecule has 2 atom stereocenters. The van der Waals surface area contributed by atoms with Crippen molar-refractivity contribution in [2.45, 2.75) is 31.8 Å². The highest BCUT2D eigenvalue weighted by atomic mass is 35.5. The Kier molecular flexibility index (Phi) is 5.52. The van der Waals surface area contributed by atoms with Crippen LogP contribution in [-0.4, -0.2) is 35.5 Å². The molecule has 8 heteroatoms. The van der Waals surface area contributed by atoms with Gasteiger partial charge >= 0.3 is 5.97 Å². The van der Waals surface area contributed by atoms with E-state index in [1.807, 2.05) is 6.92 Å². The van der Waals surface area contributed by atoms with Crippen molar-refractivity contribution in [1.82, 2.24) is 0 Å². The van der Waals surface area contributed by atoms with Gasteiger partial charge in [-0.1, -0.05) is 23.2 Å². The molecule has 0 aliphatic heterocycles. The Labute approximate surface area is 148 Å². The van der Waals surface area contributed by atoms with E-state index in [-0.39, 0.29) is 33.8 Å². The highest BCUT2D eigenvalue weighted by Gasteiger charge is 2.46. The number of aliphatic hydroxyl groups excluding tert-OH is 1. The van der Waals surface area contributed by atoms with Crippen LogP contribution in [-0.2, 0) is 9.53 Å². The minimum absolute atomic E-state index is 0.0100. The van der Waals surface area contributed by atoms with Gasteiger partial charge in [0, 0.05) is 17.3 Å². The van der Waals surface area contributed by atoms with Crippen LogP contribution in [0, 0.1) is 5.82 Å². The second kappa shape index (κ2) is 7.09. The number of rotatable bonds is 5. The first-order valence-electron chi connectivity index (χ1n) is 7.24. The maximum absolute atomic E-state index is 13.7. The van der Waals surface area contributed by atoms with E-state index in [2.05, 4.69) is 4.99 Å². The number of benzene rings is 1. The summed E-state index contributed by atoms with van der Waals surface area (Å²) in [6.45, 7) is 3.55. The minimum atomic E-state index is -0.801. The molecule has 3 N–H and O–H groups in total. The number of ether oxygens (including phenoxy) is 1. The summed E-state index contributed by atoms with van der Waals surface area (Å²) in [4.78, 5) is 16.3. The van der Waals surface area contributed by atoms with E-state index >= 15 is 0 Å². The number of nitrogens with two attached hydrogens (primary N) is 1. The second-order valence-corrected chi connectivity index (χ2v) is 6.55. The van der Waals surface area contributed by atoms with E-state index in [0.29, 0.717) is 6.42 Å². The fourth-order valence-corrected chi connectivity index (χ4v) is 2.49. The Hall–Kier alpha value is -1.63. The van der Waals surface area contributed by atoms with Crippen LogP contribution in [0.3, 0.4) is 0 Å². The monoisotopic (exact) mass is 374 g/mol. The molecule has 1 saturated carbocycles. The summed E-state index contributed by atoms with van der Waals surface area (Å²) in [6, 6.07) is 1.92. The third kappa shape index (κ3) is 4.06. The number of nitrogens with zero attached hydrogens (tertiary/aromatic N) is 1. The number of carbonyl (C=O) groups excluding carboxylic acids is 1. The van der Waals surface area contributed by atoms with E-state index < -0.39 is 23.1 Å². The van der Waals surface area contributed by atoms with Crippen molar-refractivity contribution in [2.24, 2.45) is 10.7 Å². The summed E-state index contributed by atoms with van der Waals surface area (Å²) >= 11 is 11.6. The molecule has 130 valence electrons. The second-order valence-electron chi connectivity index (χ2n) is 5.73. The van der Waals surface area contributed by atoms with Crippen molar-refractivity contribution >= 4 is 41.1 Å². The van der Waals surface area contributed by atoms with Gasteiger partial charge in [0.15, 0.2) is 0 Å². The zero-order valence-electron chi connectivity index (χ0n) is 13.1. The van der Waals surface area contributed by atoms with Gasteiger partial charge in [-0.3, -0.25) is 4.99 Å². The van der Waals surface area contributed by atoms with Crippen LogP contribution in [0.2, 0.25) is 10.0 Å². The lowest BCUT2D eigenvalue weighted by atomic mass is 10.1. The maximum atomic E-state index is 13.7. The molecule has 1 aliphatic carbocycles. The van der Waals surface area contributed by atoms with E-state index in [1.54, 1.807) is 6.92 Å². The molecule has 24 heavy (non-hydrogen) atoms. The molecule has 0 aromatic heterocycles. The van der Waals surface area contributed by atoms with E-state index in [0.717, 1.165) is 12.1 Å². The van der Waals surface area contributed by atoms with Gasteiger partial charge < -0.3 is 15.6 Å². The molecule has 5 nitrogen and oxygen atoms in total. The summed E-state index contributed by atoms with van der Waals surface area (Å²) in [5, 5.41) is 10.2. The van der Waals surface area contributed by atoms with Gasteiger partial charge in [-0.25, -0.2) is 9.18 Å². The third-order valence-corrected chi connectivity index (χ3v) is 4.24. The predicted molar refractivity (Wildman–Crippen MR) is 92.1 cm³/mol. The van der Waals surface area contributed by atoms with Gasteiger partial charge in [0.25, 0.3) is 0 Å². The molecule has 2 rings (SSSR count). The molecule has 0 amide bonds. The fraction of sp³-hybridized carbons (Fsp3) is 0.375. The number of esters is 1. The predicted octanol–water partition coefficient (Wildman–Crippen LogP) is 3.53. The first kappa shape index (κ1) is 18.7. The smallest absolute Gasteiger partial charge is 0.343 e. The average molecular weight is 375 g/mol. The molecule has 0 heterocycles. The molecule has 1 aliphatic rings. The summed E-state index contributed by atoms with van der Waals surface area (Å²) in [7, 11) is 0. The molecular weight excluding hydrogens is 358 g/mol. The highest BCUT2D eigenvalue weighted by molar-refractivity contribution is 6.36. The van der Waals surface area contributed by atoms with Gasteiger partial charge in [-0.05, 0) is 32.4 Å². The SMILES string of the molecule is CCOC(=O)C(C=NC1CC1(C)N)=C(O)c1cc(F)c(Cl)cc1Cl. The van der Waals surface area contributed by atoms with Gasteiger partial charge in [0.05, 0.1) is 22.7 Å². The molecule has 0 radical (unpaired) electrons. The van der Waals surface area contributed by atoms with Crippen molar-refractivity contribution in [3.63, 3.8) is 0 Å². The van der Waals surface area contributed by atoms with Crippen LogP contribution in [0.25, 0.3) is 5.76 Å². The van der Waals surface area contributed by atoms with Crippen LogP contribution in [0.1, 0.15) is 25.8 Å². The van der Waals surface area contributed by atoms with E-state index in [9.17, 15) is 14.3 Å². The molecule has 0 spiro atoms. The molecular formula is C16H17Cl2FN2O3. The van der Waals surface area contributed by atoms with Crippen LogP contribution < -0.4 is 5.73 Å². The largest absolute Gasteiger partial charge is 0.506 e. The Balaban J connectivity index is 2.45. The van der Waals surface area contributed by atoms with Crippen LogP contribution in [0.15, 0.2) is 22.7 Å². The number of carbonyl (C=O) groups is 1. The summed E-state index contributed by atoms with van der Waals surface area (Å²) in [5.41, 5.74) is 5.13. The molecule has 0 saturated heterocycles. The van der Waals surface area contributed by atoms with Crippen molar-refractivity contribution in [2.75, 3.05) is 6.61 Å². The van der Waals surface area contributed by atoms with Gasteiger partial charge in [-0.15, -0.1) is 0 Å². The highest BCUT2D eigenvalue weighted by Crippen LogP contribution is 2.36. The molecule has 0 bridgehead atoms. The number of hydrogen-bond donors (Lipinski definition) is 2. The lowest BCUT2D eigenvalue weighted by Crippen LogP contribution is -2.21. The van der Waals surface area contributed by atoms with Crippen molar-refractivity contribution in [3.8, 4) is 0 Å². The third-order valence-electron chi connectivity index (χ3n) is 3.63. The number of aliphatic hydroxyl groups is 1. The Morgan fingerprint density at radius 1 is 1.54 bits per heavy atom. The fourth-order valence-electron chi connectivity index (χ4n) is 2.01. The minimum Gasteiger partial charge on any atom is -0.506 e. The Bertz CT molecular complexity index is 732. The normalized spacial score (nSPS) is 24.0.